The Labute approximate surface area is 138 Å². The normalized spacial score (nSPS) is 10.5. The van der Waals surface area contributed by atoms with Crippen molar-refractivity contribution >= 4 is 11.9 Å². The van der Waals surface area contributed by atoms with Crippen LogP contribution < -0.4 is 10.3 Å². The van der Waals surface area contributed by atoms with Crippen molar-refractivity contribution < 1.29 is 18.9 Å². The van der Waals surface area contributed by atoms with Crippen LogP contribution in [0.1, 0.15) is 68.6 Å². The Morgan fingerprint density at radius 1 is 1.09 bits per heavy atom. The molecular weight excluding hydrogens is 292 g/mol. The van der Waals surface area contributed by atoms with Gasteiger partial charge in [-0.1, -0.05) is 51.9 Å². The summed E-state index contributed by atoms with van der Waals surface area (Å²) in [6.07, 6.45) is 13.0. The van der Waals surface area contributed by atoms with Crippen LogP contribution in [0.5, 0.6) is 0 Å². The fourth-order valence-corrected chi connectivity index (χ4v) is 2.38. The number of pyridine rings is 1. The molecule has 1 amide bonds. The molecule has 1 aromatic heterocycles. The number of carbonyl (C=O) groups is 2. The van der Waals surface area contributed by atoms with Crippen LogP contribution in [-0.2, 0) is 16.1 Å². The molecule has 0 radical (unpaired) electrons. The zero-order valence-electron chi connectivity index (χ0n) is 14.1. The van der Waals surface area contributed by atoms with Gasteiger partial charge in [0.1, 0.15) is 5.56 Å². The summed E-state index contributed by atoms with van der Waals surface area (Å²) in [5, 5.41) is 0. The number of hydrogen-bond acceptors (Lipinski definition) is 3. The van der Waals surface area contributed by atoms with Crippen molar-refractivity contribution in [2.24, 2.45) is 5.73 Å². The van der Waals surface area contributed by atoms with Crippen molar-refractivity contribution in [3.8, 4) is 0 Å². The summed E-state index contributed by atoms with van der Waals surface area (Å²) in [5.74, 6) is -0.800. The molecule has 5 heteroatoms. The summed E-state index contributed by atoms with van der Waals surface area (Å²) in [7, 11) is 0. The van der Waals surface area contributed by atoms with Gasteiger partial charge in [-0.15, -0.1) is 0 Å². The second kappa shape index (κ2) is 11.6. The molecule has 0 atom stereocenters. The largest absolute Gasteiger partial charge is 0.461 e. The fraction of sp³-hybridized carbons (Fsp3) is 0.611. The zero-order valence-corrected chi connectivity index (χ0v) is 14.1. The quantitative estimate of drug-likeness (QED) is 0.365. The highest BCUT2D eigenvalue weighted by Gasteiger charge is 2.12. The summed E-state index contributed by atoms with van der Waals surface area (Å²) in [6.45, 7) is 2.78. The Morgan fingerprint density at radius 2 is 1.74 bits per heavy atom. The maximum atomic E-state index is 11.7. The number of aromatic nitrogens is 1. The van der Waals surface area contributed by atoms with E-state index in [2.05, 4.69) is 6.92 Å². The van der Waals surface area contributed by atoms with E-state index >= 15 is 0 Å². The van der Waals surface area contributed by atoms with E-state index in [-0.39, 0.29) is 12.5 Å². The average molecular weight is 321 g/mol. The number of carbonyl (C=O) groups excluding carboxylic acids is 2. The molecule has 0 spiro atoms. The molecule has 23 heavy (non-hydrogen) atoms. The first-order valence-corrected chi connectivity index (χ1v) is 8.58. The highest BCUT2D eigenvalue weighted by Crippen LogP contribution is 2.08. The molecule has 2 N–H and O–H groups in total. The molecule has 1 rings (SSSR count). The maximum absolute atomic E-state index is 11.7. The molecule has 0 saturated carbocycles. The molecule has 128 valence electrons. The van der Waals surface area contributed by atoms with Gasteiger partial charge >= 0.3 is 5.97 Å². The van der Waals surface area contributed by atoms with Gasteiger partial charge < -0.3 is 10.5 Å². The van der Waals surface area contributed by atoms with Crippen molar-refractivity contribution in [1.29, 1.82) is 0 Å². The fourth-order valence-electron chi connectivity index (χ4n) is 2.38. The summed E-state index contributed by atoms with van der Waals surface area (Å²) in [6, 6.07) is 3.30. The lowest BCUT2D eigenvalue weighted by atomic mass is 10.1. The van der Waals surface area contributed by atoms with Crippen molar-refractivity contribution in [3.05, 3.63) is 30.1 Å². The van der Waals surface area contributed by atoms with E-state index < -0.39 is 5.91 Å². The monoisotopic (exact) mass is 321 g/mol. The SMILES string of the molecule is CCCCCCCCCCOC(=O)C[n+]1cccc(C(N)=O)c1. The van der Waals surface area contributed by atoms with Crippen LogP contribution in [-0.4, -0.2) is 18.5 Å². The molecule has 0 aromatic carbocycles. The van der Waals surface area contributed by atoms with Gasteiger partial charge in [-0.05, 0) is 12.5 Å². The van der Waals surface area contributed by atoms with Gasteiger partial charge in [-0.2, -0.15) is 4.57 Å². The van der Waals surface area contributed by atoms with E-state index in [1.54, 1.807) is 29.1 Å². The smallest absolute Gasteiger partial charge is 0.372 e. The van der Waals surface area contributed by atoms with Gasteiger partial charge in [-0.25, -0.2) is 4.79 Å². The molecule has 1 aromatic rings. The first kappa shape index (κ1) is 19.1. The maximum Gasteiger partial charge on any atom is 0.372 e. The summed E-state index contributed by atoms with van der Waals surface area (Å²) < 4.78 is 6.82. The molecule has 0 aliphatic carbocycles. The van der Waals surface area contributed by atoms with E-state index in [9.17, 15) is 9.59 Å². The number of hydrogen-bond donors (Lipinski definition) is 1. The molecule has 5 nitrogen and oxygen atoms in total. The minimum absolute atomic E-state index is 0.0954. The van der Waals surface area contributed by atoms with Gasteiger partial charge in [0.15, 0.2) is 12.4 Å². The topological polar surface area (TPSA) is 73.3 Å². The Bertz CT molecular complexity index is 489. The van der Waals surface area contributed by atoms with Crippen molar-refractivity contribution in [2.75, 3.05) is 6.61 Å². The number of esters is 1. The first-order valence-electron chi connectivity index (χ1n) is 8.58. The Morgan fingerprint density at radius 3 is 2.39 bits per heavy atom. The minimum Gasteiger partial charge on any atom is -0.461 e. The van der Waals surface area contributed by atoms with Gasteiger partial charge in [0.2, 0.25) is 6.54 Å². The summed E-state index contributed by atoms with van der Waals surface area (Å²) >= 11 is 0. The Kier molecular flexibility index (Phi) is 9.68. The zero-order chi connectivity index (χ0) is 16.9. The van der Waals surface area contributed by atoms with Gasteiger partial charge in [-0.3, -0.25) is 4.79 Å². The van der Waals surface area contributed by atoms with E-state index in [0.717, 1.165) is 12.8 Å². The van der Waals surface area contributed by atoms with Crippen molar-refractivity contribution in [2.45, 2.75) is 64.8 Å². The number of unbranched alkanes of at least 4 members (excludes halogenated alkanes) is 7. The highest BCUT2D eigenvalue weighted by molar-refractivity contribution is 5.92. The molecule has 0 saturated heterocycles. The summed E-state index contributed by atoms with van der Waals surface area (Å²) in [4.78, 5) is 22.8. The Balaban J connectivity index is 2.11. The standard InChI is InChI=1S/C18H28N2O3/c1-2-3-4-5-6-7-8-9-13-23-17(21)15-20-12-10-11-16(14-20)18(19)22/h10-12,14H,2-9,13,15H2,1H3,(H-,19,22)/p+1. The highest BCUT2D eigenvalue weighted by atomic mass is 16.5. The van der Waals surface area contributed by atoms with E-state index in [1.807, 2.05) is 0 Å². The van der Waals surface area contributed by atoms with E-state index in [1.165, 1.54) is 38.5 Å². The van der Waals surface area contributed by atoms with Gasteiger partial charge in [0.25, 0.3) is 5.91 Å². The van der Waals surface area contributed by atoms with Crippen LogP contribution in [0.2, 0.25) is 0 Å². The van der Waals surface area contributed by atoms with Crippen LogP contribution >= 0.6 is 0 Å². The molecule has 0 fully saturated rings. The predicted molar refractivity (Wildman–Crippen MR) is 88.7 cm³/mol. The second-order valence-electron chi connectivity index (χ2n) is 5.82. The summed E-state index contributed by atoms with van der Waals surface area (Å²) in [5.41, 5.74) is 5.59. The van der Waals surface area contributed by atoms with Crippen LogP contribution in [0.25, 0.3) is 0 Å². The van der Waals surface area contributed by atoms with Crippen LogP contribution in [0, 0.1) is 0 Å². The lowest BCUT2D eigenvalue weighted by molar-refractivity contribution is -0.686. The third-order valence-corrected chi connectivity index (χ3v) is 3.72. The van der Waals surface area contributed by atoms with Crippen LogP contribution in [0.4, 0.5) is 0 Å². The average Bonchev–Trinajstić information content (AvgIpc) is 2.53. The third-order valence-electron chi connectivity index (χ3n) is 3.72. The number of rotatable bonds is 12. The van der Waals surface area contributed by atoms with Crippen LogP contribution in [0.3, 0.4) is 0 Å². The Hall–Kier alpha value is -1.91. The molecule has 0 unspecified atom stereocenters. The lowest BCUT2D eigenvalue weighted by Gasteiger charge is -2.04. The van der Waals surface area contributed by atoms with E-state index in [0.29, 0.717) is 12.2 Å². The number of nitrogens with zero attached hydrogens (tertiary/aromatic N) is 1. The predicted octanol–water partition coefficient (Wildman–Crippen LogP) is 2.76. The number of primary amides is 1. The number of ether oxygens (including phenoxy) is 1. The lowest BCUT2D eigenvalue weighted by Crippen LogP contribution is -2.39. The first-order chi connectivity index (χ1) is 11.1. The third kappa shape index (κ3) is 8.96. The van der Waals surface area contributed by atoms with Gasteiger partial charge in [0.05, 0.1) is 6.61 Å². The van der Waals surface area contributed by atoms with Crippen molar-refractivity contribution in [1.82, 2.24) is 0 Å². The van der Waals surface area contributed by atoms with Gasteiger partial charge in [0, 0.05) is 6.07 Å². The molecule has 0 bridgehead atoms. The number of amides is 1. The molecule has 0 aliphatic rings. The van der Waals surface area contributed by atoms with Crippen molar-refractivity contribution in [3.63, 3.8) is 0 Å². The molecule has 1 heterocycles. The van der Waals surface area contributed by atoms with E-state index in [4.69, 9.17) is 10.5 Å². The second-order valence-corrected chi connectivity index (χ2v) is 5.82. The van der Waals surface area contributed by atoms with Crippen LogP contribution in [0.15, 0.2) is 24.5 Å². The minimum atomic E-state index is -0.508. The number of nitrogens with two attached hydrogens (primary N) is 1. The molecular formula is C18H29N2O3+. The molecule has 0 aliphatic heterocycles.